The first-order valence-electron chi connectivity index (χ1n) is 14.2. The molecule has 3 unspecified atom stereocenters. The van der Waals surface area contributed by atoms with Crippen LogP contribution < -0.4 is 4.74 Å². The zero-order valence-electron chi connectivity index (χ0n) is 23.8. The van der Waals surface area contributed by atoms with Gasteiger partial charge in [-0.1, -0.05) is 49.4 Å². The Bertz CT molecular complexity index is 1490. The van der Waals surface area contributed by atoms with E-state index in [2.05, 4.69) is 14.5 Å². The van der Waals surface area contributed by atoms with Crippen molar-refractivity contribution in [2.75, 3.05) is 13.1 Å². The van der Waals surface area contributed by atoms with E-state index in [0.717, 1.165) is 21.8 Å². The molecule has 0 saturated carbocycles. The van der Waals surface area contributed by atoms with Gasteiger partial charge in [-0.25, -0.2) is 4.31 Å². The van der Waals surface area contributed by atoms with Gasteiger partial charge in [-0.2, -0.15) is 23.4 Å². The Morgan fingerprint density at radius 3 is 2.71 bits per heavy atom. The van der Waals surface area contributed by atoms with Crippen molar-refractivity contribution in [3.05, 3.63) is 88.0 Å². The third-order valence-electron chi connectivity index (χ3n) is 7.95. The van der Waals surface area contributed by atoms with E-state index in [1.54, 1.807) is 24.1 Å². The number of azo groups is 1. The van der Waals surface area contributed by atoms with E-state index in [1.165, 1.54) is 6.07 Å². The van der Waals surface area contributed by atoms with Crippen molar-refractivity contribution in [1.29, 1.82) is 0 Å². The van der Waals surface area contributed by atoms with E-state index in [-0.39, 0.29) is 23.3 Å². The molecule has 5 rings (SSSR count). The Balaban J connectivity index is 1.57. The number of carbonyl (C=O) groups is 1. The number of para-hydroxylation sites is 1. The number of nitrogens with zero attached hydrogens (tertiary/aromatic N) is 3. The van der Waals surface area contributed by atoms with Gasteiger partial charge in [0.1, 0.15) is 17.5 Å². The number of benzene rings is 3. The lowest BCUT2D eigenvalue weighted by molar-refractivity contribution is -0.140. The third-order valence-corrected chi connectivity index (χ3v) is 9.02. The van der Waals surface area contributed by atoms with E-state index in [0.29, 0.717) is 43.6 Å². The minimum absolute atomic E-state index is 0.0700. The molecule has 0 amide bonds. The standard InChI is InChI=1S/C32H34F3N3O3S/c1-4-21-13-14-36-37-31-24(21)11-12-25(30(31)32(33,34)35)26(16-29(39)40)22-10-9-19(2)23(15-22)18-38-17-20(3)41-27-7-5-6-8-28(27)42-38/h5-12,15,20-21,26H,4,13-14,16-18H2,1-3H3,(H,39,40). The summed E-state index contributed by atoms with van der Waals surface area (Å²) in [6.45, 7) is 7.39. The first-order chi connectivity index (χ1) is 20.0. The lowest BCUT2D eigenvalue weighted by atomic mass is 9.81. The maximum Gasteiger partial charge on any atom is 0.418 e. The van der Waals surface area contributed by atoms with Crippen molar-refractivity contribution in [2.24, 2.45) is 10.2 Å². The lowest BCUT2D eigenvalue weighted by Crippen LogP contribution is -2.27. The van der Waals surface area contributed by atoms with E-state index in [1.807, 2.05) is 57.2 Å². The highest BCUT2D eigenvalue weighted by atomic mass is 32.2. The van der Waals surface area contributed by atoms with Crippen molar-refractivity contribution in [2.45, 2.75) is 75.6 Å². The topological polar surface area (TPSA) is 74.5 Å². The molecule has 0 radical (unpaired) electrons. The van der Waals surface area contributed by atoms with Crippen molar-refractivity contribution >= 4 is 23.6 Å². The normalized spacial score (nSPS) is 19.7. The number of aryl methyl sites for hydroxylation is 1. The van der Waals surface area contributed by atoms with Crippen molar-refractivity contribution in [1.82, 2.24) is 4.31 Å². The van der Waals surface area contributed by atoms with Crippen molar-refractivity contribution in [3.8, 4) is 5.75 Å². The highest BCUT2D eigenvalue weighted by Crippen LogP contribution is 2.49. The zero-order valence-corrected chi connectivity index (χ0v) is 24.6. The zero-order chi connectivity index (χ0) is 30.0. The van der Waals surface area contributed by atoms with Crippen LogP contribution in [0.4, 0.5) is 18.9 Å². The summed E-state index contributed by atoms with van der Waals surface area (Å²) in [6, 6.07) is 16.4. The Hall–Kier alpha value is -3.37. The Morgan fingerprint density at radius 2 is 1.98 bits per heavy atom. The van der Waals surface area contributed by atoms with Crippen LogP contribution in [0, 0.1) is 6.92 Å². The average Bonchev–Trinajstić information content (AvgIpc) is 3.24. The fourth-order valence-corrected chi connectivity index (χ4v) is 6.96. The molecule has 42 heavy (non-hydrogen) atoms. The van der Waals surface area contributed by atoms with Crippen LogP contribution in [0.2, 0.25) is 0 Å². The minimum atomic E-state index is -4.74. The molecule has 1 N–H and O–H groups in total. The Morgan fingerprint density at radius 1 is 1.19 bits per heavy atom. The van der Waals surface area contributed by atoms with Gasteiger partial charge in [-0.3, -0.25) is 4.79 Å². The Kier molecular flexibility index (Phi) is 8.94. The van der Waals surface area contributed by atoms with E-state index < -0.39 is 30.0 Å². The molecule has 3 aromatic rings. The smallest absolute Gasteiger partial charge is 0.418 e. The van der Waals surface area contributed by atoms with Gasteiger partial charge in [0.25, 0.3) is 0 Å². The van der Waals surface area contributed by atoms with Gasteiger partial charge in [0.05, 0.1) is 23.4 Å². The summed E-state index contributed by atoms with van der Waals surface area (Å²) in [5, 5.41) is 17.9. The molecule has 6 nitrogen and oxygen atoms in total. The molecule has 0 fully saturated rings. The van der Waals surface area contributed by atoms with Crippen molar-refractivity contribution < 1.29 is 27.8 Å². The van der Waals surface area contributed by atoms with Gasteiger partial charge >= 0.3 is 12.1 Å². The molecule has 0 saturated heterocycles. The number of ether oxygens (including phenoxy) is 1. The molecule has 222 valence electrons. The van der Waals surface area contributed by atoms with Crippen LogP contribution in [0.25, 0.3) is 0 Å². The number of rotatable bonds is 7. The lowest BCUT2D eigenvalue weighted by Gasteiger charge is -2.26. The van der Waals surface area contributed by atoms with Gasteiger partial charge in [-0.05, 0) is 84.5 Å². The average molecular weight is 598 g/mol. The van der Waals surface area contributed by atoms with Crippen LogP contribution >= 0.6 is 11.9 Å². The molecule has 2 aliphatic rings. The summed E-state index contributed by atoms with van der Waals surface area (Å²) < 4.78 is 52.6. The summed E-state index contributed by atoms with van der Waals surface area (Å²) in [5.41, 5.74) is 1.76. The maximum atomic E-state index is 14.8. The number of alkyl halides is 3. The molecule has 0 aliphatic carbocycles. The van der Waals surface area contributed by atoms with Gasteiger partial charge in [0, 0.05) is 19.0 Å². The maximum absolute atomic E-state index is 14.8. The summed E-state index contributed by atoms with van der Waals surface area (Å²) >= 11 is 1.57. The van der Waals surface area contributed by atoms with E-state index in [4.69, 9.17) is 4.74 Å². The fraction of sp³-hybridized carbons (Fsp3) is 0.406. The number of carboxylic acids is 1. The third kappa shape index (κ3) is 6.49. The molecule has 0 bridgehead atoms. The summed E-state index contributed by atoms with van der Waals surface area (Å²) in [4.78, 5) is 13.1. The number of hydrogen-bond donors (Lipinski definition) is 1. The second-order valence-electron chi connectivity index (χ2n) is 10.9. The summed E-state index contributed by atoms with van der Waals surface area (Å²) in [7, 11) is 0. The molecule has 2 aliphatic heterocycles. The van der Waals surface area contributed by atoms with Crippen molar-refractivity contribution in [3.63, 3.8) is 0 Å². The number of aliphatic carboxylic acids is 1. The van der Waals surface area contributed by atoms with Crippen LogP contribution in [0.1, 0.15) is 78.3 Å². The van der Waals surface area contributed by atoms with Crippen LogP contribution in [0.15, 0.2) is 69.7 Å². The van der Waals surface area contributed by atoms with Gasteiger partial charge in [0.2, 0.25) is 0 Å². The second-order valence-corrected chi connectivity index (χ2v) is 12.1. The first-order valence-corrected chi connectivity index (χ1v) is 14.9. The molecule has 3 atom stereocenters. The molecule has 0 spiro atoms. The Labute approximate surface area is 248 Å². The molecule has 2 heterocycles. The number of hydrogen-bond acceptors (Lipinski definition) is 6. The highest BCUT2D eigenvalue weighted by molar-refractivity contribution is 7.97. The molecular formula is C32H34F3N3O3S. The van der Waals surface area contributed by atoms with Gasteiger partial charge in [-0.15, -0.1) is 0 Å². The quantitative estimate of drug-likeness (QED) is 0.275. The predicted molar refractivity (Wildman–Crippen MR) is 157 cm³/mol. The molecule has 0 aromatic heterocycles. The second kappa shape index (κ2) is 12.5. The monoisotopic (exact) mass is 597 g/mol. The van der Waals surface area contributed by atoms with Crippen LogP contribution in [-0.4, -0.2) is 34.6 Å². The minimum Gasteiger partial charge on any atom is -0.488 e. The first kappa shape index (κ1) is 30.1. The molecule has 3 aromatic carbocycles. The van der Waals surface area contributed by atoms with Gasteiger partial charge < -0.3 is 9.84 Å². The SMILES string of the molecule is CCC1CCN=Nc2c1ccc(C(CC(=O)O)c1ccc(C)c(CN3CC(C)Oc4ccccc4S3)c1)c2C(F)(F)F. The fourth-order valence-electron chi connectivity index (χ4n) is 5.85. The molecular weight excluding hydrogens is 563 g/mol. The van der Waals surface area contributed by atoms with E-state index in [9.17, 15) is 23.1 Å². The van der Waals surface area contributed by atoms with Gasteiger partial charge in [0.15, 0.2) is 0 Å². The highest BCUT2D eigenvalue weighted by Gasteiger charge is 2.41. The summed E-state index contributed by atoms with van der Waals surface area (Å²) in [6.07, 6.45) is -4.02. The van der Waals surface area contributed by atoms with Crippen LogP contribution in [-0.2, 0) is 17.5 Å². The number of carboxylic acid groups (broad SMARTS) is 1. The van der Waals surface area contributed by atoms with Crippen LogP contribution in [0.3, 0.4) is 0 Å². The van der Waals surface area contributed by atoms with Crippen LogP contribution in [0.5, 0.6) is 5.75 Å². The predicted octanol–water partition coefficient (Wildman–Crippen LogP) is 8.89. The number of fused-ring (bicyclic) bond motifs is 2. The summed E-state index contributed by atoms with van der Waals surface area (Å²) in [5.74, 6) is -1.49. The largest absolute Gasteiger partial charge is 0.488 e. The molecule has 10 heteroatoms. The number of halogens is 3. The van der Waals surface area contributed by atoms with E-state index >= 15 is 0 Å².